The van der Waals surface area contributed by atoms with Crippen molar-refractivity contribution in [2.75, 3.05) is 5.32 Å². The van der Waals surface area contributed by atoms with Crippen LogP contribution in [0.15, 0.2) is 30.6 Å². The maximum atomic E-state index is 12.0. The summed E-state index contributed by atoms with van der Waals surface area (Å²) >= 11 is 0. The number of carbonyl (C=O) groups is 1. The molecule has 1 amide bonds. The molecular formula is C14H18N4O. The van der Waals surface area contributed by atoms with Crippen LogP contribution in [0.1, 0.15) is 20.3 Å². The average Bonchev–Trinajstić information content (AvgIpc) is 2.45. The molecule has 100 valence electrons. The zero-order chi connectivity index (χ0) is 13.8. The number of anilines is 1. The van der Waals surface area contributed by atoms with Crippen molar-refractivity contribution >= 4 is 22.6 Å². The Morgan fingerprint density at radius 1 is 1.32 bits per heavy atom. The molecule has 2 rings (SSSR count). The lowest BCUT2D eigenvalue weighted by Gasteiger charge is -2.17. The van der Waals surface area contributed by atoms with Gasteiger partial charge in [-0.1, -0.05) is 20.3 Å². The van der Waals surface area contributed by atoms with E-state index in [9.17, 15) is 4.79 Å². The van der Waals surface area contributed by atoms with Crippen LogP contribution in [0.25, 0.3) is 11.0 Å². The summed E-state index contributed by atoms with van der Waals surface area (Å²) in [6.45, 7) is 3.99. The van der Waals surface area contributed by atoms with Crippen molar-refractivity contribution in [3.63, 3.8) is 0 Å². The number of benzene rings is 1. The first-order valence-electron chi connectivity index (χ1n) is 6.39. The second-order valence-electron chi connectivity index (χ2n) is 4.66. The monoisotopic (exact) mass is 258 g/mol. The molecule has 0 spiro atoms. The molecule has 0 saturated carbocycles. The fourth-order valence-electron chi connectivity index (χ4n) is 1.78. The molecule has 1 aromatic heterocycles. The molecule has 0 bridgehead atoms. The van der Waals surface area contributed by atoms with E-state index in [-0.39, 0.29) is 11.8 Å². The van der Waals surface area contributed by atoms with Crippen molar-refractivity contribution in [1.29, 1.82) is 0 Å². The molecule has 1 aromatic carbocycles. The molecule has 0 saturated heterocycles. The summed E-state index contributed by atoms with van der Waals surface area (Å²) < 4.78 is 0. The number of nitrogens with one attached hydrogen (secondary N) is 1. The zero-order valence-corrected chi connectivity index (χ0v) is 11.1. The highest BCUT2D eigenvalue weighted by molar-refractivity contribution is 5.96. The molecule has 0 aliphatic heterocycles. The van der Waals surface area contributed by atoms with Crippen LogP contribution in [0.3, 0.4) is 0 Å². The SMILES string of the molecule is CCC(C)C(N)C(=O)Nc1ccc2nccnc2c1. The van der Waals surface area contributed by atoms with Crippen LogP contribution in [0.5, 0.6) is 0 Å². The van der Waals surface area contributed by atoms with Gasteiger partial charge in [-0.2, -0.15) is 0 Å². The third kappa shape index (κ3) is 3.06. The fraction of sp³-hybridized carbons (Fsp3) is 0.357. The van der Waals surface area contributed by atoms with E-state index < -0.39 is 6.04 Å². The number of rotatable bonds is 4. The molecule has 19 heavy (non-hydrogen) atoms. The van der Waals surface area contributed by atoms with E-state index >= 15 is 0 Å². The Morgan fingerprint density at radius 3 is 2.68 bits per heavy atom. The first-order valence-corrected chi connectivity index (χ1v) is 6.39. The standard InChI is InChI=1S/C14H18N4O/c1-3-9(2)13(15)14(19)18-10-4-5-11-12(8-10)17-7-6-16-11/h4-9,13H,3,15H2,1-2H3,(H,18,19). The highest BCUT2D eigenvalue weighted by atomic mass is 16.2. The maximum Gasteiger partial charge on any atom is 0.241 e. The highest BCUT2D eigenvalue weighted by Gasteiger charge is 2.19. The van der Waals surface area contributed by atoms with Crippen LogP contribution in [0.4, 0.5) is 5.69 Å². The Bertz CT molecular complexity index is 584. The Kier molecular flexibility index (Phi) is 4.06. The van der Waals surface area contributed by atoms with Crippen LogP contribution in [0.2, 0.25) is 0 Å². The summed E-state index contributed by atoms with van der Waals surface area (Å²) in [5.41, 5.74) is 8.13. The number of fused-ring (bicyclic) bond motifs is 1. The van der Waals surface area contributed by atoms with Gasteiger partial charge in [0.2, 0.25) is 5.91 Å². The first-order chi connectivity index (χ1) is 9.11. The van der Waals surface area contributed by atoms with E-state index in [0.29, 0.717) is 5.69 Å². The summed E-state index contributed by atoms with van der Waals surface area (Å²) in [4.78, 5) is 20.4. The first kappa shape index (κ1) is 13.4. The van der Waals surface area contributed by atoms with Crippen molar-refractivity contribution in [3.05, 3.63) is 30.6 Å². The van der Waals surface area contributed by atoms with Gasteiger partial charge in [-0.05, 0) is 24.1 Å². The van der Waals surface area contributed by atoms with Crippen molar-refractivity contribution in [3.8, 4) is 0 Å². The maximum absolute atomic E-state index is 12.0. The number of hydrogen-bond donors (Lipinski definition) is 2. The summed E-state index contributed by atoms with van der Waals surface area (Å²) in [7, 11) is 0. The smallest absolute Gasteiger partial charge is 0.241 e. The van der Waals surface area contributed by atoms with Gasteiger partial charge in [0.25, 0.3) is 0 Å². The van der Waals surface area contributed by atoms with Gasteiger partial charge in [-0.3, -0.25) is 14.8 Å². The van der Waals surface area contributed by atoms with Gasteiger partial charge < -0.3 is 11.1 Å². The lowest BCUT2D eigenvalue weighted by atomic mass is 9.99. The molecule has 0 radical (unpaired) electrons. The van der Waals surface area contributed by atoms with Crippen LogP contribution in [0, 0.1) is 5.92 Å². The molecule has 0 aliphatic rings. The van der Waals surface area contributed by atoms with Crippen molar-refractivity contribution in [1.82, 2.24) is 9.97 Å². The molecule has 2 unspecified atom stereocenters. The van der Waals surface area contributed by atoms with Gasteiger partial charge in [0.05, 0.1) is 17.1 Å². The van der Waals surface area contributed by atoms with Gasteiger partial charge in [-0.15, -0.1) is 0 Å². The Labute approximate surface area is 112 Å². The molecule has 1 heterocycles. The number of carbonyl (C=O) groups excluding carboxylic acids is 1. The van der Waals surface area contributed by atoms with Crippen LogP contribution >= 0.6 is 0 Å². The Morgan fingerprint density at radius 2 is 2.00 bits per heavy atom. The van der Waals surface area contributed by atoms with Crippen molar-refractivity contribution < 1.29 is 4.79 Å². The summed E-state index contributed by atoms with van der Waals surface area (Å²) in [5, 5.41) is 2.82. The highest BCUT2D eigenvalue weighted by Crippen LogP contribution is 2.16. The minimum Gasteiger partial charge on any atom is -0.325 e. The minimum atomic E-state index is -0.498. The Balaban J connectivity index is 2.15. The van der Waals surface area contributed by atoms with Gasteiger partial charge in [-0.25, -0.2) is 0 Å². The van der Waals surface area contributed by atoms with Crippen LogP contribution in [-0.2, 0) is 4.79 Å². The lowest BCUT2D eigenvalue weighted by Crippen LogP contribution is -2.40. The van der Waals surface area contributed by atoms with E-state index in [1.165, 1.54) is 0 Å². The third-order valence-corrected chi connectivity index (χ3v) is 3.30. The predicted molar refractivity (Wildman–Crippen MR) is 75.6 cm³/mol. The molecule has 3 N–H and O–H groups in total. The largest absolute Gasteiger partial charge is 0.325 e. The lowest BCUT2D eigenvalue weighted by molar-refractivity contribution is -0.118. The van der Waals surface area contributed by atoms with Crippen LogP contribution < -0.4 is 11.1 Å². The normalized spacial score (nSPS) is 14.1. The molecule has 5 nitrogen and oxygen atoms in total. The number of aromatic nitrogens is 2. The molecule has 0 aliphatic carbocycles. The predicted octanol–water partition coefficient (Wildman–Crippen LogP) is 1.94. The van der Waals surface area contributed by atoms with E-state index in [2.05, 4.69) is 15.3 Å². The van der Waals surface area contributed by atoms with Gasteiger partial charge in [0.1, 0.15) is 0 Å². The van der Waals surface area contributed by atoms with Crippen molar-refractivity contribution in [2.45, 2.75) is 26.3 Å². The topological polar surface area (TPSA) is 80.9 Å². The van der Waals surface area contributed by atoms with E-state index in [1.54, 1.807) is 24.5 Å². The molecule has 2 atom stereocenters. The third-order valence-electron chi connectivity index (χ3n) is 3.30. The summed E-state index contributed by atoms with van der Waals surface area (Å²) in [6, 6.07) is 4.93. The molecule has 0 fully saturated rings. The minimum absolute atomic E-state index is 0.153. The second kappa shape index (κ2) is 5.75. The summed E-state index contributed by atoms with van der Waals surface area (Å²) in [6.07, 6.45) is 4.13. The van der Waals surface area contributed by atoms with Crippen molar-refractivity contribution in [2.24, 2.45) is 11.7 Å². The van der Waals surface area contributed by atoms with E-state index in [0.717, 1.165) is 17.5 Å². The number of nitrogens with two attached hydrogens (primary N) is 1. The molecular weight excluding hydrogens is 240 g/mol. The van der Waals surface area contributed by atoms with Gasteiger partial charge in [0.15, 0.2) is 0 Å². The summed E-state index contributed by atoms with van der Waals surface area (Å²) in [5.74, 6) is -0.0159. The van der Waals surface area contributed by atoms with Gasteiger partial charge in [0, 0.05) is 18.1 Å². The molecule has 2 aromatic rings. The number of amides is 1. The second-order valence-corrected chi connectivity index (χ2v) is 4.66. The zero-order valence-electron chi connectivity index (χ0n) is 11.1. The molecule has 5 heteroatoms. The van der Waals surface area contributed by atoms with E-state index in [1.807, 2.05) is 19.9 Å². The Hall–Kier alpha value is -2.01. The quantitative estimate of drug-likeness (QED) is 0.878. The van der Waals surface area contributed by atoms with Crippen LogP contribution in [-0.4, -0.2) is 21.9 Å². The number of hydrogen-bond acceptors (Lipinski definition) is 4. The number of nitrogens with zero attached hydrogens (tertiary/aromatic N) is 2. The van der Waals surface area contributed by atoms with E-state index in [4.69, 9.17) is 5.73 Å². The average molecular weight is 258 g/mol. The fourth-order valence-corrected chi connectivity index (χ4v) is 1.78. The van der Waals surface area contributed by atoms with Gasteiger partial charge >= 0.3 is 0 Å².